The molecule has 0 spiro atoms. The Kier molecular flexibility index (Phi) is 3.56. The predicted molar refractivity (Wildman–Crippen MR) is 46.2 cm³/mol. The van der Waals surface area contributed by atoms with Crippen molar-refractivity contribution in [3.8, 4) is 0 Å². The van der Waals surface area contributed by atoms with E-state index >= 15 is 0 Å². The van der Waals surface area contributed by atoms with Gasteiger partial charge in [0.15, 0.2) is 5.69 Å². The number of halogens is 6. The van der Waals surface area contributed by atoms with Crippen LogP contribution in [-0.2, 0) is 6.18 Å². The quantitative estimate of drug-likeness (QED) is 0.842. The maximum Gasteiger partial charge on any atom is 0.419 e. The summed E-state index contributed by atoms with van der Waals surface area (Å²) in [4.78, 5) is 13.3. The Hall–Kier alpha value is -1.44. The first-order valence-corrected chi connectivity index (χ1v) is 4.31. The Bertz CT molecular complexity index is 460. The molecule has 1 N–H and O–H groups in total. The highest BCUT2D eigenvalue weighted by Crippen LogP contribution is 2.39. The minimum atomic E-state index is -4.98. The number of rotatable bonds is 2. The Balaban J connectivity index is 3.55. The summed E-state index contributed by atoms with van der Waals surface area (Å²) in [6.07, 6.45) is -8.34. The average molecular weight is 276 g/mol. The molecule has 0 saturated carbocycles. The lowest BCUT2D eigenvalue weighted by molar-refractivity contribution is -0.137. The minimum Gasteiger partial charge on any atom is -0.476 e. The van der Waals surface area contributed by atoms with Gasteiger partial charge in [-0.05, 0) is 0 Å². The van der Waals surface area contributed by atoms with Crippen molar-refractivity contribution in [2.45, 2.75) is 12.6 Å². The monoisotopic (exact) mass is 275 g/mol. The number of hydrogen-bond donors (Lipinski definition) is 1. The summed E-state index contributed by atoms with van der Waals surface area (Å²) in [5.41, 5.74) is -4.23. The van der Waals surface area contributed by atoms with E-state index in [0.717, 1.165) is 0 Å². The summed E-state index contributed by atoms with van der Waals surface area (Å²) in [7, 11) is 0. The second-order valence-electron chi connectivity index (χ2n) is 2.85. The molecule has 94 valence electrons. The molecule has 3 nitrogen and oxygen atoms in total. The third-order valence-electron chi connectivity index (χ3n) is 1.78. The number of aromatic carboxylic acids is 1. The van der Waals surface area contributed by atoms with Crippen LogP contribution in [0.25, 0.3) is 0 Å². The van der Waals surface area contributed by atoms with Crippen LogP contribution in [-0.4, -0.2) is 16.1 Å². The van der Waals surface area contributed by atoms with Crippen molar-refractivity contribution >= 4 is 17.6 Å². The summed E-state index contributed by atoms with van der Waals surface area (Å²) in [5.74, 6) is -1.88. The standard InChI is InChI=1S/C8H3ClF5NO2/c9-4-2(8(12,13)14)1-15-5(7(16)17)3(4)6(10)11/h1,6H,(H,16,17). The van der Waals surface area contributed by atoms with Crippen LogP contribution >= 0.6 is 11.6 Å². The maximum absolute atomic E-state index is 12.5. The van der Waals surface area contributed by atoms with Gasteiger partial charge in [0.25, 0.3) is 6.43 Å². The number of nitrogens with zero attached hydrogens (tertiary/aromatic N) is 1. The van der Waals surface area contributed by atoms with Crippen molar-refractivity contribution < 1.29 is 31.9 Å². The van der Waals surface area contributed by atoms with Gasteiger partial charge in [-0.3, -0.25) is 0 Å². The number of aromatic nitrogens is 1. The van der Waals surface area contributed by atoms with Crippen LogP contribution in [0.5, 0.6) is 0 Å². The van der Waals surface area contributed by atoms with Gasteiger partial charge in [0.05, 0.1) is 16.1 Å². The Labute approximate surface area is 95.8 Å². The SMILES string of the molecule is O=C(O)c1ncc(C(F)(F)F)c(Cl)c1C(F)F. The lowest BCUT2D eigenvalue weighted by Crippen LogP contribution is -2.13. The molecule has 0 bridgehead atoms. The summed E-state index contributed by atoms with van der Waals surface area (Å²) in [5, 5.41) is 7.15. The van der Waals surface area contributed by atoms with Gasteiger partial charge in [0.1, 0.15) is 0 Å². The van der Waals surface area contributed by atoms with Gasteiger partial charge in [-0.1, -0.05) is 11.6 Å². The third-order valence-corrected chi connectivity index (χ3v) is 2.18. The van der Waals surface area contributed by atoms with Gasteiger partial charge in [0, 0.05) is 6.20 Å². The lowest BCUT2D eigenvalue weighted by Gasteiger charge is -2.13. The Morgan fingerprint density at radius 1 is 1.41 bits per heavy atom. The lowest BCUT2D eigenvalue weighted by atomic mass is 10.1. The smallest absolute Gasteiger partial charge is 0.419 e. The van der Waals surface area contributed by atoms with E-state index in [-0.39, 0.29) is 6.20 Å². The third kappa shape index (κ3) is 2.63. The molecule has 0 radical (unpaired) electrons. The topological polar surface area (TPSA) is 50.2 Å². The van der Waals surface area contributed by atoms with Gasteiger partial charge < -0.3 is 5.11 Å². The van der Waals surface area contributed by atoms with Crippen LogP contribution in [0.2, 0.25) is 5.02 Å². The van der Waals surface area contributed by atoms with Gasteiger partial charge in [0.2, 0.25) is 0 Å². The van der Waals surface area contributed by atoms with Crippen molar-refractivity contribution in [1.82, 2.24) is 4.98 Å². The molecule has 0 aliphatic rings. The minimum absolute atomic E-state index is 0.109. The molecule has 1 aromatic rings. The van der Waals surface area contributed by atoms with Gasteiger partial charge in [-0.2, -0.15) is 13.2 Å². The fourth-order valence-electron chi connectivity index (χ4n) is 1.07. The molecule has 1 aromatic heterocycles. The second-order valence-corrected chi connectivity index (χ2v) is 3.23. The van der Waals surface area contributed by atoms with E-state index < -0.39 is 40.4 Å². The highest BCUT2D eigenvalue weighted by molar-refractivity contribution is 6.32. The molecule has 0 atom stereocenters. The molecule has 0 amide bonds. The van der Waals surface area contributed by atoms with Crippen molar-refractivity contribution in [1.29, 1.82) is 0 Å². The van der Waals surface area contributed by atoms with Crippen LogP contribution in [0.3, 0.4) is 0 Å². The highest BCUT2D eigenvalue weighted by atomic mass is 35.5. The largest absolute Gasteiger partial charge is 0.476 e. The number of carboxylic acids is 1. The molecule has 0 aliphatic carbocycles. The number of carbonyl (C=O) groups is 1. The molecule has 9 heteroatoms. The van der Waals surface area contributed by atoms with E-state index in [1.165, 1.54) is 0 Å². The van der Waals surface area contributed by atoms with E-state index in [1.807, 2.05) is 0 Å². The second kappa shape index (κ2) is 4.44. The molecule has 0 unspecified atom stereocenters. The summed E-state index contributed by atoms with van der Waals surface area (Å²) in [6.45, 7) is 0. The van der Waals surface area contributed by atoms with Crippen LogP contribution in [0.15, 0.2) is 6.20 Å². The zero-order valence-corrected chi connectivity index (χ0v) is 8.48. The summed E-state index contributed by atoms with van der Waals surface area (Å²) >= 11 is 5.13. The molecular formula is C8H3ClF5NO2. The zero-order chi connectivity index (χ0) is 13.4. The average Bonchev–Trinajstić information content (AvgIpc) is 2.13. The van der Waals surface area contributed by atoms with Crippen molar-refractivity contribution in [2.75, 3.05) is 0 Å². The number of hydrogen-bond acceptors (Lipinski definition) is 2. The first kappa shape index (κ1) is 13.6. The van der Waals surface area contributed by atoms with Gasteiger partial charge >= 0.3 is 12.1 Å². The van der Waals surface area contributed by atoms with Crippen molar-refractivity contribution in [3.05, 3.63) is 28.0 Å². The number of pyridine rings is 1. The first-order valence-electron chi connectivity index (χ1n) is 3.93. The first-order chi connectivity index (χ1) is 7.66. The zero-order valence-electron chi connectivity index (χ0n) is 7.73. The van der Waals surface area contributed by atoms with Gasteiger partial charge in [-0.15, -0.1) is 0 Å². The number of carboxylic acid groups (broad SMARTS) is 1. The van der Waals surface area contributed by atoms with Crippen LogP contribution in [0.1, 0.15) is 28.0 Å². The number of alkyl halides is 5. The molecule has 0 aliphatic heterocycles. The summed E-state index contributed by atoms with van der Waals surface area (Å²) < 4.78 is 61.8. The molecule has 1 heterocycles. The Morgan fingerprint density at radius 2 is 1.94 bits per heavy atom. The van der Waals surface area contributed by atoms with Crippen LogP contribution in [0.4, 0.5) is 22.0 Å². The van der Waals surface area contributed by atoms with E-state index in [2.05, 4.69) is 4.98 Å². The fourth-order valence-corrected chi connectivity index (χ4v) is 1.40. The molecule has 0 fully saturated rings. The van der Waals surface area contributed by atoms with E-state index in [1.54, 1.807) is 0 Å². The predicted octanol–water partition coefficient (Wildman–Crippen LogP) is 3.39. The Morgan fingerprint density at radius 3 is 2.29 bits per heavy atom. The van der Waals surface area contributed by atoms with Crippen LogP contribution in [0, 0.1) is 0 Å². The fraction of sp³-hybridized carbons (Fsp3) is 0.250. The summed E-state index contributed by atoms with van der Waals surface area (Å²) in [6, 6.07) is 0. The molecule has 17 heavy (non-hydrogen) atoms. The normalized spacial score (nSPS) is 11.9. The molecule has 1 rings (SSSR count). The van der Waals surface area contributed by atoms with E-state index in [0.29, 0.717) is 0 Å². The molecule has 0 aromatic carbocycles. The van der Waals surface area contributed by atoms with E-state index in [4.69, 9.17) is 16.7 Å². The highest BCUT2D eigenvalue weighted by Gasteiger charge is 2.37. The maximum atomic E-state index is 12.5. The van der Waals surface area contributed by atoms with E-state index in [9.17, 15) is 26.7 Å². The van der Waals surface area contributed by atoms with Crippen molar-refractivity contribution in [3.63, 3.8) is 0 Å². The van der Waals surface area contributed by atoms with Crippen LogP contribution < -0.4 is 0 Å². The van der Waals surface area contributed by atoms with Gasteiger partial charge in [-0.25, -0.2) is 18.6 Å². The molecular weight excluding hydrogens is 273 g/mol. The molecule has 0 saturated heterocycles. The van der Waals surface area contributed by atoms with Crippen molar-refractivity contribution in [2.24, 2.45) is 0 Å².